The predicted octanol–water partition coefficient (Wildman–Crippen LogP) is 1.57. The number of nitrogens with zero attached hydrogens (tertiary/aromatic N) is 3. The molecule has 0 aliphatic heterocycles. The van der Waals surface area contributed by atoms with Gasteiger partial charge < -0.3 is 0 Å². The molecule has 56 valence electrons. The molecule has 0 amide bonds. The van der Waals surface area contributed by atoms with E-state index in [1.54, 1.807) is 28.7 Å². The maximum atomic E-state index is 3.96. The van der Waals surface area contributed by atoms with Crippen LogP contribution in [-0.4, -0.2) is 19.9 Å². The maximum absolute atomic E-state index is 3.96. The smallest absolute Gasteiger partial charge is 0.138 e. The fraction of sp³-hybridized carbons (Fsp3) is 0.667. The van der Waals surface area contributed by atoms with Gasteiger partial charge >= 0.3 is 0 Å². The third kappa shape index (κ3) is 2.39. The van der Waals surface area contributed by atoms with Crippen molar-refractivity contribution in [3.8, 4) is 0 Å². The van der Waals surface area contributed by atoms with Crippen molar-refractivity contribution in [1.29, 1.82) is 0 Å². The number of hydrogen-bond donors (Lipinski definition) is 0. The van der Waals surface area contributed by atoms with Crippen molar-refractivity contribution in [2.45, 2.75) is 19.8 Å². The van der Waals surface area contributed by atoms with E-state index in [9.17, 15) is 0 Å². The molecule has 0 aliphatic rings. The molecule has 0 aromatic carbocycles. The van der Waals surface area contributed by atoms with Crippen LogP contribution >= 0.6 is 11.9 Å². The SMILES string of the molecule is CCCCSn1cncn1. The van der Waals surface area contributed by atoms with Gasteiger partial charge in [0.2, 0.25) is 0 Å². The molecule has 4 heteroatoms. The van der Waals surface area contributed by atoms with E-state index in [4.69, 9.17) is 0 Å². The van der Waals surface area contributed by atoms with E-state index in [1.165, 1.54) is 12.8 Å². The molecule has 1 rings (SSSR count). The summed E-state index contributed by atoms with van der Waals surface area (Å²) in [5.41, 5.74) is 0. The average molecular weight is 157 g/mol. The fourth-order valence-corrected chi connectivity index (χ4v) is 1.40. The second-order valence-electron chi connectivity index (χ2n) is 1.98. The summed E-state index contributed by atoms with van der Waals surface area (Å²) in [6.45, 7) is 2.18. The van der Waals surface area contributed by atoms with E-state index in [2.05, 4.69) is 17.0 Å². The van der Waals surface area contributed by atoms with Crippen LogP contribution in [0.3, 0.4) is 0 Å². The molecule has 1 aromatic heterocycles. The highest BCUT2D eigenvalue weighted by Gasteiger charge is 1.89. The van der Waals surface area contributed by atoms with Gasteiger partial charge in [0.1, 0.15) is 12.7 Å². The van der Waals surface area contributed by atoms with Crippen molar-refractivity contribution in [3.05, 3.63) is 12.7 Å². The molecule has 3 nitrogen and oxygen atoms in total. The van der Waals surface area contributed by atoms with Crippen LogP contribution in [0.2, 0.25) is 0 Å². The minimum Gasteiger partial charge on any atom is -0.222 e. The molecule has 10 heavy (non-hydrogen) atoms. The summed E-state index contributed by atoms with van der Waals surface area (Å²) in [7, 11) is 0. The first kappa shape index (κ1) is 7.60. The summed E-state index contributed by atoms with van der Waals surface area (Å²) in [6.07, 6.45) is 5.76. The molecular weight excluding hydrogens is 146 g/mol. The number of hydrogen-bond acceptors (Lipinski definition) is 3. The standard InChI is InChI=1S/C6H11N3S/c1-2-3-4-10-9-6-7-5-8-9/h5-6H,2-4H2,1H3. The van der Waals surface area contributed by atoms with Gasteiger partial charge in [0.05, 0.1) is 0 Å². The lowest BCUT2D eigenvalue weighted by molar-refractivity contribution is 0.887. The highest BCUT2D eigenvalue weighted by atomic mass is 32.2. The number of unbranched alkanes of at least 4 members (excludes halogenated alkanes) is 1. The molecular formula is C6H11N3S. The summed E-state index contributed by atoms with van der Waals surface area (Å²) in [5, 5.41) is 3.96. The highest BCUT2D eigenvalue weighted by Crippen LogP contribution is 2.04. The van der Waals surface area contributed by atoms with Crippen LogP contribution in [0.4, 0.5) is 0 Å². The molecule has 0 atom stereocenters. The molecule has 0 spiro atoms. The van der Waals surface area contributed by atoms with Crippen molar-refractivity contribution in [2.24, 2.45) is 0 Å². The topological polar surface area (TPSA) is 30.7 Å². The van der Waals surface area contributed by atoms with Gasteiger partial charge in [0, 0.05) is 5.75 Å². The van der Waals surface area contributed by atoms with Gasteiger partial charge in [-0.3, -0.25) is 0 Å². The van der Waals surface area contributed by atoms with Crippen molar-refractivity contribution >= 4 is 11.9 Å². The Bertz CT molecular complexity index is 162. The van der Waals surface area contributed by atoms with Gasteiger partial charge in [-0.05, 0) is 18.4 Å². The van der Waals surface area contributed by atoms with E-state index in [-0.39, 0.29) is 0 Å². The minimum atomic E-state index is 1.12. The summed E-state index contributed by atoms with van der Waals surface area (Å²) in [4.78, 5) is 3.83. The Labute approximate surface area is 65.0 Å². The Morgan fingerprint density at radius 2 is 2.50 bits per heavy atom. The first-order valence-corrected chi connectivity index (χ1v) is 4.35. The van der Waals surface area contributed by atoms with Crippen LogP contribution in [0.1, 0.15) is 19.8 Å². The van der Waals surface area contributed by atoms with E-state index >= 15 is 0 Å². The molecule has 1 heterocycles. The third-order valence-electron chi connectivity index (χ3n) is 1.12. The summed E-state index contributed by atoms with van der Waals surface area (Å²) in [6, 6.07) is 0. The van der Waals surface area contributed by atoms with Gasteiger partial charge in [-0.15, -0.1) is 5.10 Å². The quantitative estimate of drug-likeness (QED) is 0.622. The van der Waals surface area contributed by atoms with E-state index in [0.717, 1.165) is 5.75 Å². The molecule has 0 unspecified atom stereocenters. The first-order chi connectivity index (χ1) is 4.93. The Kier molecular flexibility index (Phi) is 3.29. The van der Waals surface area contributed by atoms with Crippen LogP contribution in [0, 0.1) is 0 Å². The van der Waals surface area contributed by atoms with Crippen LogP contribution in [0.5, 0.6) is 0 Å². The van der Waals surface area contributed by atoms with Gasteiger partial charge in [0.25, 0.3) is 0 Å². The molecule has 0 bridgehead atoms. The monoisotopic (exact) mass is 157 g/mol. The molecule has 0 N–H and O–H groups in total. The first-order valence-electron chi connectivity index (χ1n) is 3.41. The average Bonchev–Trinajstić information content (AvgIpc) is 2.41. The van der Waals surface area contributed by atoms with Crippen molar-refractivity contribution in [1.82, 2.24) is 14.2 Å². The Balaban J connectivity index is 2.15. The predicted molar refractivity (Wildman–Crippen MR) is 42.8 cm³/mol. The molecule has 0 saturated heterocycles. The highest BCUT2D eigenvalue weighted by molar-refractivity contribution is 7.97. The Hall–Kier alpha value is -0.510. The van der Waals surface area contributed by atoms with Crippen LogP contribution in [0.25, 0.3) is 0 Å². The van der Waals surface area contributed by atoms with Gasteiger partial charge in [-0.2, -0.15) is 4.09 Å². The molecule has 0 radical (unpaired) electrons. The zero-order chi connectivity index (χ0) is 7.23. The zero-order valence-electron chi connectivity index (χ0n) is 6.03. The third-order valence-corrected chi connectivity index (χ3v) is 2.04. The van der Waals surface area contributed by atoms with Crippen molar-refractivity contribution < 1.29 is 0 Å². The Morgan fingerprint density at radius 3 is 3.10 bits per heavy atom. The zero-order valence-corrected chi connectivity index (χ0v) is 6.84. The second-order valence-corrected chi connectivity index (χ2v) is 3.03. The lowest BCUT2D eigenvalue weighted by atomic mass is 10.4. The Morgan fingerprint density at radius 1 is 1.60 bits per heavy atom. The van der Waals surface area contributed by atoms with Crippen LogP contribution in [0.15, 0.2) is 12.7 Å². The second kappa shape index (κ2) is 4.33. The van der Waals surface area contributed by atoms with Crippen LogP contribution in [-0.2, 0) is 0 Å². The van der Waals surface area contributed by atoms with Gasteiger partial charge in [0.15, 0.2) is 0 Å². The largest absolute Gasteiger partial charge is 0.222 e. The normalized spacial score (nSPS) is 10.1. The van der Waals surface area contributed by atoms with Gasteiger partial charge in [-0.1, -0.05) is 13.3 Å². The van der Waals surface area contributed by atoms with E-state index in [0.29, 0.717) is 0 Å². The molecule has 1 aromatic rings. The van der Waals surface area contributed by atoms with Crippen LogP contribution < -0.4 is 0 Å². The molecule has 0 aliphatic carbocycles. The lowest BCUT2D eigenvalue weighted by Crippen LogP contribution is -1.88. The maximum Gasteiger partial charge on any atom is 0.138 e. The summed E-state index contributed by atoms with van der Waals surface area (Å²) >= 11 is 1.69. The lowest BCUT2D eigenvalue weighted by Gasteiger charge is -1.95. The van der Waals surface area contributed by atoms with E-state index in [1.807, 2.05) is 0 Å². The van der Waals surface area contributed by atoms with Gasteiger partial charge in [-0.25, -0.2) is 4.98 Å². The molecule has 0 saturated carbocycles. The fourth-order valence-electron chi connectivity index (χ4n) is 0.566. The van der Waals surface area contributed by atoms with E-state index < -0.39 is 0 Å². The van der Waals surface area contributed by atoms with Crippen molar-refractivity contribution in [3.63, 3.8) is 0 Å². The summed E-state index contributed by atoms with van der Waals surface area (Å²) < 4.78 is 1.79. The minimum absolute atomic E-state index is 1.12. The number of rotatable bonds is 4. The number of aromatic nitrogens is 3. The summed E-state index contributed by atoms with van der Waals surface area (Å²) in [5.74, 6) is 1.12. The molecule has 0 fully saturated rings. The van der Waals surface area contributed by atoms with Crippen molar-refractivity contribution in [2.75, 3.05) is 5.75 Å².